The van der Waals surface area contributed by atoms with Gasteiger partial charge in [0.1, 0.15) is 0 Å². The van der Waals surface area contributed by atoms with Crippen molar-refractivity contribution in [3.63, 3.8) is 0 Å². The van der Waals surface area contributed by atoms with Gasteiger partial charge in [-0.2, -0.15) is 0 Å². The molecular formula is C33H52O3. The van der Waals surface area contributed by atoms with E-state index in [2.05, 4.69) is 73.8 Å². The van der Waals surface area contributed by atoms with Gasteiger partial charge in [-0.3, -0.25) is 0 Å². The molecule has 2 saturated carbocycles. The molecule has 0 saturated heterocycles. The predicted molar refractivity (Wildman–Crippen MR) is 150 cm³/mol. The van der Waals surface area contributed by atoms with Gasteiger partial charge in [-0.15, -0.1) is 0 Å². The van der Waals surface area contributed by atoms with E-state index < -0.39 is 6.10 Å². The second kappa shape index (κ2) is 9.16. The van der Waals surface area contributed by atoms with Crippen molar-refractivity contribution >= 4 is 0 Å². The van der Waals surface area contributed by atoms with Gasteiger partial charge >= 0.3 is 0 Å². The third kappa shape index (κ3) is 3.82. The molecule has 1 unspecified atom stereocenters. The minimum absolute atomic E-state index is 0.0233. The summed E-state index contributed by atoms with van der Waals surface area (Å²) < 4.78 is 5.96. The summed E-state index contributed by atoms with van der Waals surface area (Å²) in [6.45, 7) is 24.7. The first kappa shape index (κ1) is 27.7. The molecule has 202 valence electrons. The Morgan fingerprint density at radius 3 is 2.36 bits per heavy atom. The molecule has 2 N–H and O–H groups in total. The first-order valence-corrected chi connectivity index (χ1v) is 14.3. The van der Waals surface area contributed by atoms with Gasteiger partial charge in [0.05, 0.1) is 18.0 Å². The number of allylic oxidation sites excluding steroid dienone is 6. The van der Waals surface area contributed by atoms with Crippen LogP contribution in [0, 0.1) is 45.3 Å². The molecule has 0 radical (unpaired) electrons. The van der Waals surface area contributed by atoms with Crippen molar-refractivity contribution in [3.05, 3.63) is 47.8 Å². The SMILES string of the molecule is C=C(CCC(C(=C)O)[C@H]1[C@H](O)C[C@@]2(C)C3=CC[C@H]4C(C)(C)[C@@H](OC)CC[C@]4(C)C3=CC[C@]12C)C(C)C. The largest absolute Gasteiger partial charge is 0.513 e. The minimum atomic E-state index is -0.457. The van der Waals surface area contributed by atoms with Gasteiger partial charge in [-0.1, -0.05) is 79.3 Å². The Morgan fingerprint density at radius 2 is 1.78 bits per heavy atom. The molecule has 36 heavy (non-hydrogen) atoms. The molecule has 0 bridgehead atoms. The van der Waals surface area contributed by atoms with Crippen molar-refractivity contribution in [2.24, 2.45) is 45.3 Å². The maximum absolute atomic E-state index is 11.6. The number of hydrogen-bond acceptors (Lipinski definition) is 3. The quantitative estimate of drug-likeness (QED) is 0.276. The van der Waals surface area contributed by atoms with Crippen molar-refractivity contribution in [3.8, 4) is 0 Å². The molecule has 0 aliphatic heterocycles. The van der Waals surface area contributed by atoms with Gasteiger partial charge in [0.2, 0.25) is 0 Å². The van der Waals surface area contributed by atoms with Crippen LogP contribution in [0.25, 0.3) is 0 Å². The van der Waals surface area contributed by atoms with Crippen LogP contribution in [0.2, 0.25) is 0 Å². The molecule has 4 rings (SSSR count). The van der Waals surface area contributed by atoms with Crippen LogP contribution in [-0.2, 0) is 4.74 Å². The Hall–Kier alpha value is -1.32. The van der Waals surface area contributed by atoms with Crippen LogP contribution in [0.5, 0.6) is 0 Å². The number of fused-ring (bicyclic) bond motifs is 5. The van der Waals surface area contributed by atoms with E-state index in [0.717, 1.165) is 44.9 Å². The van der Waals surface area contributed by atoms with Crippen LogP contribution in [0.1, 0.15) is 93.4 Å². The summed E-state index contributed by atoms with van der Waals surface area (Å²) in [5.74, 6) is 1.04. The van der Waals surface area contributed by atoms with Gasteiger partial charge < -0.3 is 14.9 Å². The molecule has 4 aliphatic carbocycles. The van der Waals surface area contributed by atoms with Crippen molar-refractivity contribution in [1.29, 1.82) is 0 Å². The van der Waals surface area contributed by atoms with E-state index in [1.165, 1.54) is 16.7 Å². The van der Waals surface area contributed by atoms with E-state index in [-0.39, 0.29) is 39.3 Å². The zero-order chi connectivity index (χ0) is 26.8. The Morgan fingerprint density at radius 1 is 1.11 bits per heavy atom. The van der Waals surface area contributed by atoms with Gasteiger partial charge in [-0.05, 0) is 84.2 Å². The summed E-state index contributed by atoms with van der Waals surface area (Å²) in [4.78, 5) is 0. The monoisotopic (exact) mass is 496 g/mol. The number of ether oxygens (including phenoxy) is 1. The molecule has 2 fully saturated rings. The molecule has 0 amide bonds. The Balaban J connectivity index is 1.72. The summed E-state index contributed by atoms with van der Waals surface area (Å²) in [7, 11) is 1.87. The lowest BCUT2D eigenvalue weighted by molar-refractivity contribution is -0.103. The maximum atomic E-state index is 11.6. The fourth-order valence-electron chi connectivity index (χ4n) is 9.41. The van der Waals surface area contributed by atoms with Crippen LogP contribution in [0.4, 0.5) is 0 Å². The second-order valence-corrected chi connectivity index (χ2v) is 14.2. The smallest absolute Gasteiger partial charge is 0.0886 e. The van der Waals surface area contributed by atoms with Crippen LogP contribution >= 0.6 is 0 Å². The molecule has 0 aromatic heterocycles. The normalized spacial score (nSPS) is 42.1. The Labute approximate surface area is 220 Å². The molecule has 3 nitrogen and oxygen atoms in total. The van der Waals surface area contributed by atoms with E-state index in [4.69, 9.17) is 4.74 Å². The third-order valence-electron chi connectivity index (χ3n) is 12.0. The molecule has 0 spiro atoms. The van der Waals surface area contributed by atoms with E-state index in [1.54, 1.807) is 0 Å². The van der Waals surface area contributed by atoms with Crippen LogP contribution in [0.3, 0.4) is 0 Å². The van der Waals surface area contributed by atoms with Gasteiger partial charge in [0.15, 0.2) is 0 Å². The summed E-state index contributed by atoms with van der Waals surface area (Å²) in [5.41, 5.74) is 4.18. The van der Waals surface area contributed by atoms with Crippen LogP contribution in [0.15, 0.2) is 47.8 Å². The Bertz CT molecular complexity index is 969. The number of methoxy groups -OCH3 is 1. The molecular weight excluding hydrogens is 444 g/mol. The van der Waals surface area contributed by atoms with Crippen molar-refractivity contribution in [2.75, 3.05) is 7.11 Å². The number of aliphatic hydroxyl groups excluding tert-OH is 2. The topological polar surface area (TPSA) is 49.7 Å². The highest BCUT2D eigenvalue weighted by Crippen LogP contribution is 2.72. The maximum Gasteiger partial charge on any atom is 0.0886 e. The summed E-state index contributed by atoms with van der Waals surface area (Å²) in [6.07, 6.45) is 11.5. The summed E-state index contributed by atoms with van der Waals surface area (Å²) >= 11 is 0. The Kier molecular flexibility index (Phi) is 7.05. The summed E-state index contributed by atoms with van der Waals surface area (Å²) in [5, 5.41) is 22.4. The zero-order valence-electron chi connectivity index (χ0n) is 24.3. The lowest BCUT2D eigenvalue weighted by atomic mass is 9.44. The highest BCUT2D eigenvalue weighted by atomic mass is 16.5. The standard InChI is InChI=1S/C33H52O3/c1-20(2)21(3)11-12-23(22(4)34)29-26(35)19-33(9)25-13-14-27-30(5,6)28(36-10)16-17-31(27,7)24(25)15-18-32(29,33)8/h13,15,20,23,26-29,34-35H,3-4,11-12,14,16-19H2,1-2,5-10H3/t23?,26-,27+,28+,29+,31-,32-,33+/m1/s1. The average Bonchev–Trinajstić information content (AvgIpc) is 2.99. The molecule has 4 aliphatic rings. The van der Waals surface area contributed by atoms with Gasteiger partial charge in [0.25, 0.3) is 0 Å². The molecule has 8 atom stereocenters. The number of hydrogen-bond donors (Lipinski definition) is 2. The average molecular weight is 497 g/mol. The number of aliphatic hydroxyl groups is 2. The van der Waals surface area contributed by atoms with Gasteiger partial charge in [-0.25, -0.2) is 0 Å². The molecule has 3 heteroatoms. The lowest BCUT2D eigenvalue weighted by Gasteiger charge is -2.61. The third-order valence-corrected chi connectivity index (χ3v) is 12.0. The first-order valence-electron chi connectivity index (χ1n) is 14.3. The van der Waals surface area contributed by atoms with E-state index in [1.807, 2.05) is 7.11 Å². The van der Waals surface area contributed by atoms with Crippen LogP contribution < -0.4 is 0 Å². The second-order valence-electron chi connectivity index (χ2n) is 14.2. The fraction of sp³-hybridized carbons (Fsp3) is 0.758. The van der Waals surface area contributed by atoms with E-state index >= 15 is 0 Å². The minimum Gasteiger partial charge on any atom is -0.513 e. The van der Waals surface area contributed by atoms with Crippen molar-refractivity contribution in [1.82, 2.24) is 0 Å². The van der Waals surface area contributed by atoms with E-state index in [9.17, 15) is 10.2 Å². The van der Waals surface area contributed by atoms with Crippen molar-refractivity contribution < 1.29 is 14.9 Å². The predicted octanol–water partition coefficient (Wildman–Crippen LogP) is 8.18. The highest BCUT2D eigenvalue weighted by molar-refractivity contribution is 5.50. The summed E-state index contributed by atoms with van der Waals surface area (Å²) in [6, 6.07) is 0. The van der Waals surface area contributed by atoms with Crippen molar-refractivity contribution in [2.45, 2.75) is 106 Å². The zero-order valence-corrected chi connectivity index (χ0v) is 24.3. The molecule has 0 aromatic rings. The number of rotatable bonds is 7. The molecule has 0 aromatic carbocycles. The first-order chi connectivity index (χ1) is 16.6. The molecule has 0 heterocycles. The lowest BCUT2D eigenvalue weighted by Crippen LogP contribution is -2.55. The highest BCUT2D eigenvalue weighted by Gasteiger charge is 2.66. The van der Waals surface area contributed by atoms with E-state index in [0.29, 0.717) is 17.9 Å². The fourth-order valence-corrected chi connectivity index (χ4v) is 9.41. The van der Waals surface area contributed by atoms with Crippen LogP contribution in [-0.4, -0.2) is 29.5 Å². The van der Waals surface area contributed by atoms with Gasteiger partial charge in [0, 0.05) is 24.4 Å².